The molecule has 0 saturated carbocycles. The van der Waals surface area contributed by atoms with Crippen molar-refractivity contribution in [1.82, 2.24) is 5.32 Å². The minimum Gasteiger partial charge on any atom is -0.346 e. The molecule has 0 heterocycles. The number of amides is 1. The maximum Gasteiger partial charge on any atom is 0.261 e. The highest BCUT2D eigenvalue weighted by molar-refractivity contribution is 7.92. The Kier molecular flexibility index (Phi) is 6.25. The van der Waals surface area contributed by atoms with Crippen molar-refractivity contribution in [3.8, 4) is 0 Å². The molecule has 0 aliphatic rings. The molecule has 0 bridgehead atoms. The third-order valence-electron chi connectivity index (χ3n) is 4.53. The molecule has 1 unspecified atom stereocenters. The van der Waals surface area contributed by atoms with E-state index in [-0.39, 0.29) is 16.8 Å². The zero-order valence-corrected chi connectivity index (χ0v) is 17.6. The summed E-state index contributed by atoms with van der Waals surface area (Å²) in [4.78, 5) is 12.6. The Labute approximate surface area is 175 Å². The number of sulfonamides is 1. The molecule has 0 aromatic heterocycles. The second kappa shape index (κ2) is 8.68. The average Bonchev–Trinajstić information content (AvgIpc) is 2.68. The van der Waals surface area contributed by atoms with Crippen LogP contribution in [-0.4, -0.2) is 14.3 Å². The summed E-state index contributed by atoms with van der Waals surface area (Å²) < 4.78 is 27.4. The number of benzene rings is 3. The molecule has 2 N–H and O–H groups in total. The molecule has 3 rings (SSSR count). The Morgan fingerprint density at radius 2 is 1.55 bits per heavy atom. The minimum atomic E-state index is -3.73. The Hall–Kier alpha value is -2.83. The molecule has 5 nitrogen and oxygen atoms in total. The number of anilines is 1. The van der Waals surface area contributed by atoms with Crippen molar-refractivity contribution in [2.75, 3.05) is 4.72 Å². The van der Waals surface area contributed by atoms with E-state index in [0.29, 0.717) is 16.3 Å². The van der Waals surface area contributed by atoms with Gasteiger partial charge in [-0.1, -0.05) is 35.9 Å². The number of carbonyl (C=O) groups excluding carboxylic acids is 1. The normalized spacial score (nSPS) is 12.2. The van der Waals surface area contributed by atoms with Crippen molar-refractivity contribution in [3.63, 3.8) is 0 Å². The van der Waals surface area contributed by atoms with Crippen LogP contribution in [0.4, 0.5) is 5.69 Å². The molecule has 0 aliphatic carbocycles. The average molecular weight is 429 g/mol. The van der Waals surface area contributed by atoms with E-state index in [9.17, 15) is 13.2 Å². The van der Waals surface area contributed by atoms with Gasteiger partial charge < -0.3 is 5.32 Å². The van der Waals surface area contributed by atoms with Crippen LogP contribution in [0.5, 0.6) is 0 Å². The molecule has 3 aromatic carbocycles. The topological polar surface area (TPSA) is 75.3 Å². The number of hydrogen-bond donors (Lipinski definition) is 2. The minimum absolute atomic E-state index is 0.107. The van der Waals surface area contributed by atoms with Gasteiger partial charge in [-0.2, -0.15) is 0 Å². The predicted molar refractivity (Wildman–Crippen MR) is 116 cm³/mol. The second-order valence-electron chi connectivity index (χ2n) is 6.69. The Morgan fingerprint density at radius 1 is 0.931 bits per heavy atom. The van der Waals surface area contributed by atoms with Gasteiger partial charge in [0.25, 0.3) is 15.9 Å². The van der Waals surface area contributed by atoms with Gasteiger partial charge in [-0.3, -0.25) is 9.52 Å². The monoisotopic (exact) mass is 428 g/mol. The van der Waals surface area contributed by atoms with Gasteiger partial charge in [0.2, 0.25) is 0 Å². The highest BCUT2D eigenvalue weighted by atomic mass is 35.5. The number of hydrogen-bond acceptors (Lipinski definition) is 3. The summed E-state index contributed by atoms with van der Waals surface area (Å²) >= 11 is 5.80. The molecule has 0 fully saturated rings. The van der Waals surface area contributed by atoms with E-state index in [1.54, 1.807) is 24.3 Å². The first kappa shape index (κ1) is 20.9. The van der Waals surface area contributed by atoms with Gasteiger partial charge in [-0.25, -0.2) is 8.42 Å². The fourth-order valence-electron chi connectivity index (χ4n) is 2.95. The van der Waals surface area contributed by atoms with Gasteiger partial charge in [0, 0.05) is 16.3 Å². The van der Waals surface area contributed by atoms with Crippen LogP contribution >= 0.6 is 11.6 Å². The third-order valence-corrected chi connectivity index (χ3v) is 6.17. The first-order valence-corrected chi connectivity index (χ1v) is 10.9. The van der Waals surface area contributed by atoms with Crippen LogP contribution in [0.1, 0.15) is 34.5 Å². The van der Waals surface area contributed by atoms with Crippen LogP contribution < -0.4 is 10.0 Å². The van der Waals surface area contributed by atoms with Gasteiger partial charge >= 0.3 is 0 Å². The lowest BCUT2D eigenvalue weighted by Gasteiger charge is -2.16. The van der Waals surface area contributed by atoms with Crippen molar-refractivity contribution in [2.45, 2.75) is 24.8 Å². The number of rotatable bonds is 6. The summed E-state index contributed by atoms with van der Waals surface area (Å²) in [7, 11) is -3.73. The van der Waals surface area contributed by atoms with E-state index < -0.39 is 10.0 Å². The molecule has 29 heavy (non-hydrogen) atoms. The summed E-state index contributed by atoms with van der Waals surface area (Å²) in [6, 6.07) is 19.9. The molecular formula is C22H21ClN2O3S. The van der Waals surface area contributed by atoms with Crippen LogP contribution in [0.2, 0.25) is 5.02 Å². The smallest absolute Gasteiger partial charge is 0.261 e. The van der Waals surface area contributed by atoms with Gasteiger partial charge in [0.15, 0.2) is 0 Å². The van der Waals surface area contributed by atoms with E-state index in [1.807, 2.05) is 38.1 Å². The summed E-state index contributed by atoms with van der Waals surface area (Å²) in [5.41, 5.74) is 2.96. The molecule has 0 spiro atoms. The number of carbonyl (C=O) groups is 1. The van der Waals surface area contributed by atoms with Gasteiger partial charge in [-0.05, 0) is 73.5 Å². The van der Waals surface area contributed by atoms with E-state index in [2.05, 4.69) is 10.0 Å². The third kappa shape index (κ3) is 5.16. The fraction of sp³-hybridized carbons (Fsp3) is 0.136. The first-order valence-electron chi connectivity index (χ1n) is 9.01. The van der Waals surface area contributed by atoms with Crippen molar-refractivity contribution in [2.24, 2.45) is 0 Å². The number of halogens is 1. The molecule has 150 valence electrons. The fourth-order valence-corrected chi connectivity index (χ4v) is 4.13. The molecule has 1 amide bonds. The van der Waals surface area contributed by atoms with E-state index in [1.165, 1.54) is 24.3 Å². The zero-order valence-electron chi connectivity index (χ0n) is 16.0. The summed E-state index contributed by atoms with van der Waals surface area (Å²) in [6.07, 6.45) is 0. The first-order chi connectivity index (χ1) is 13.8. The van der Waals surface area contributed by atoms with Gasteiger partial charge in [0.1, 0.15) is 0 Å². The largest absolute Gasteiger partial charge is 0.346 e. The maximum atomic E-state index is 12.5. The van der Waals surface area contributed by atoms with Crippen LogP contribution in [0, 0.1) is 6.92 Å². The molecule has 0 radical (unpaired) electrons. The molecule has 0 saturated heterocycles. The highest BCUT2D eigenvalue weighted by Crippen LogP contribution is 2.20. The van der Waals surface area contributed by atoms with Crippen molar-refractivity contribution in [3.05, 3.63) is 94.5 Å². The molecule has 3 aromatic rings. The van der Waals surface area contributed by atoms with Gasteiger partial charge in [0.05, 0.1) is 10.9 Å². The SMILES string of the molecule is Cc1ccccc1C(C)NC(=O)c1ccc(NS(=O)(=O)c2ccc(Cl)cc2)cc1. The van der Waals surface area contributed by atoms with Crippen LogP contribution in [-0.2, 0) is 10.0 Å². The Morgan fingerprint density at radius 3 is 2.17 bits per heavy atom. The maximum absolute atomic E-state index is 12.5. The van der Waals surface area contributed by atoms with E-state index >= 15 is 0 Å². The Bertz CT molecular complexity index is 1110. The second-order valence-corrected chi connectivity index (χ2v) is 8.81. The summed E-state index contributed by atoms with van der Waals surface area (Å²) in [6.45, 7) is 3.93. The lowest BCUT2D eigenvalue weighted by Crippen LogP contribution is -2.27. The van der Waals surface area contributed by atoms with Crippen molar-refractivity contribution >= 4 is 33.2 Å². The molecule has 7 heteroatoms. The van der Waals surface area contributed by atoms with Crippen molar-refractivity contribution < 1.29 is 13.2 Å². The lowest BCUT2D eigenvalue weighted by atomic mass is 10.0. The summed E-state index contributed by atoms with van der Waals surface area (Å²) in [5, 5.41) is 3.42. The van der Waals surface area contributed by atoms with E-state index in [4.69, 9.17) is 11.6 Å². The highest BCUT2D eigenvalue weighted by Gasteiger charge is 2.16. The van der Waals surface area contributed by atoms with Crippen molar-refractivity contribution in [1.29, 1.82) is 0 Å². The molecule has 0 aliphatic heterocycles. The van der Waals surface area contributed by atoms with Crippen LogP contribution in [0.25, 0.3) is 0 Å². The molecular weight excluding hydrogens is 408 g/mol. The van der Waals surface area contributed by atoms with Crippen LogP contribution in [0.15, 0.2) is 77.7 Å². The predicted octanol–water partition coefficient (Wildman–Crippen LogP) is 4.94. The zero-order chi connectivity index (χ0) is 21.0. The number of nitrogens with one attached hydrogen (secondary N) is 2. The van der Waals surface area contributed by atoms with Crippen LogP contribution in [0.3, 0.4) is 0 Å². The van der Waals surface area contributed by atoms with E-state index in [0.717, 1.165) is 11.1 Å². The quantitative estimate of drug-likeness (QED) is 0.583. The standard InChI is InChI=1S/C22H21ClN2O3S/c1-15-5-3-4-6-21(15)16(2)24-22(26)17-7-11-19(12-8-17)25-29(27,28)20-13-9-18(23)10-14-20/h3-14,16,25H,1-2H3,(H,24,26). The lowest BCUT2D eigenvalue weighted by molar-refractivity contribution is 0.0940. The number of aryl methyl sites for hydroxylation is 1. The summed E-state index contributed by atoms with van der Waals surface area (Å²) in [5.74, 6) is -0.229. The Balaban J connectivity index is 1.69. The van der Waals surface area contributed by atoms with Gasteiger partial charge in [-0.15, -0.1) is 0 Å². The molecule has 1 atom stereocenters.